The van der Waals surface area contributed by atoms with Gasteiger partial charge in [0.25, 0.3) is 0 Å². The molecule has 112 valence electrons. The lowest BCUT2D eigenvalue weighted by Gasteiger charge is -2.13. The molecule has 0 spiro atoms. The predicted octanol–water partition coefficient (Wildman–Crippen LogP) is 6.08. The quantitative estimate of drug-likeness (QED) is 0.607. The van der Waals surface area contributed by atoms with Gasteiger partial charge in [0.1, 0.15) is 5.75 Å². The Kier molecular flexibility index (Phi) is 5.84. The van der Waals surface area contributed by atoms with E-state index >= 15 is 0 Å². The zero-order valence-electron chi connectivity index (χ0n) is 10.5. The van der Waals surface area contributed by atoms with Crippen LogP contribution in [0.4, 0.5) is 14.5 Å². The lowest BCUT2D eigenvalue weighted by Crippen LogP contribution is -2.07. The number of hydrogen-bond donors (Lipinski definition) is 1. The van der Waals surface area contributed by atoms with E-state index in [4.69, 9.17) is 11.6 Å². The van der Waals surface area contributed by atoms with Crippen molar-refractivity contribution in [2.24, 2.45) is 0 Å². The molecule has 0 aliphatic heterocycles. The standard InChI is InChI=1S/C14H10Br2ClF2NO/c15-9-1-4-13(21-14(18)19)8(5-9)7-20-12-3-2-10(17)6-11(12)16/h1-6,14,20H,7H2. The molecule has 0 saturated heterocycles. The molecular weight excluding hydrogens is 431 g/mol. The number of alkyl halides is 2. The summed E-state index contributed by atoms with van der Waals surface area (Å²) in [6.07, 6.45) is 0. The Hall–Kier alpha value is -0.850. The molecule has 0 atom stereocenters. The van der Waals surface area contributed by atoms with Crippen molar-refractivity contribution in [1.29, 1.82) is 0 Å². The van der Waals surface area contributed by atoms with E-state index in [2.05, 4.69) is 41.9 Å². The van der Waals surface area contributed by atoms with Crippen LogP contribution in [0, 0.1) is 0 Å². The lowest BCUT2D eigenvalue weighted by atomic mass is 10.2. The molecule has 1 N–H and O–H groups in total. The first-order chi connectivity index (χ1) is 9.95. The monoisotopic (exact) mass is 439 g/mol. The van der Waals surface area contributed by atoms with Crippen LogP contribution < -0.4 is 10.1 Å². The summed E-state index contributed by atoms with van der Waals surface area (Å²) < 4.78 is 30.9. The van der Waals surface area contributed by atoms with E-state index in [1.54, 1.807) is 30.3 Å². The van der Waals surface area contributed by atoms with Gasteiger partial charge in [0.2, 0.25) is 0 Å². The summed E-state index contributed by atoms with van der Waals surface area (Å²) >= 11 is 12.6. The molecule has 0 aliphatic rings. The highest BCUT2D eigenvalue weighted by Crippen LogP contribution is 2.29. The van der Waals surface area contributed by atoms with Gasteiger partial charge in [0, 0.05) is 31.8 Å². The Balaban J connectivity index is 2.16. The number of nitrogens with one attached hydrogen (secondary N) is 1. The maximum atomic E-state index is 12.4. The second kappa shape index (κ2) is 7.42. The minimum absolute atomic E-state index is 0.144. The van der Waals surface area contributed by atoms with Crippen molar-refractivity contribution < 1.29 is 13.5 Å². The second-order valence-electron chi connectivity index (χ2n) is 4.11. The molecule has 0 aromatic heterocycles. The van der Waals surface area contributed by atoms with Crippen LogP contribution in [0.15, 0.2) is 45.3 Å². The largest absolute Gasteiger partial charge is 0.434 e. The smallest absolute Gasteiger partial charge is 0.387 e. The molecule has 0 bridgehead atoms. The summed E-state index contributed by atoms with van der Waals surface area (Å²) in [5.74, 6) is 0.144. The van der Waals surface area contributed by atoms with E-state index in [1.807, 2.05) is 0 Å². The van der Waals surface area contributed by atoms with E-state index in [-0.39, 0.29) is 5.75 Å². The Morgan fingerprint density at radius 3 is 2.57 bits per heavy atom. The van der Waals surface area contributed by atoms with Crippen molar-refractivity contribution in [2.75, 3.05) is 5.32 Å². The minimum atomic E-state index is -2.85. The maximum Gasteiger partial charge on any atom is 0.387 e. The van der Waals surface area contributed by atoms with Crippen molar-refractivity contribution in [2.45, 2.75) is 13.2 Å². The molecule has 7 heteroatoms. The fourth-order valence-electron chi connectivity index (χ4n) is 1.72. The number of hydrogen-bond acceptors (Lipinski definition) is 2. The molecule has 0 heterocycles. The molecule has 0 saturated carbocycles. The average molecular weight is 441 g/mol. The molecule has 2 aromatic rings. The van der Waals surface area contributed by atoms with Crippen molar-refractivity contribution in [3.8, 4) is 5.75 Å². The molecule has 21 heavy (non-hydrogen) atoms. The SMILES string of the molecule is FC(F)Oc1ccc(Br)cc1CNc1ccc(Cl)cc1Br. The Labute approximate surface area is 142 Å². The highest BCUT2D eigenvalue weighted by molar-refractivity contribution is 9.10. The normalized spacial score (nSPS) is 10.8. The van der Waals surface area contributed by atoms with Gasteiger partial charge in [-0.05, 0) is 52.3 Å². The van der Waals surface area contributed by atoms with E-state index in [1.165, 1.54) is 6.07 Å². The molecule has 0 amide bonds. The van der Waals surface area contributed by atoms with Gasteiger partial charge in [-0.15, -0.1) is 0 Å². The van der Waals surface area contributed by atoms with Gasteiger partial charge in [0.15, 0.2) is 0 Å². The van der Waals surface area contributed by atoms with Gasteiger partial charge in [-0.1, -0.05) is 27.5 Å². The number of rotatable bonds is 5. The summed E-state index contributed by atoms with van der Waals surface area (Å²) in [6.45, 7) is -2.52. The van der Waals surface area contributed by atoms with Gasteiger partial charge < -0.3 is 10.1 Å². The first-order valence-corrected chi connectivity index (χ1v) is 7.84. The second-order valence-corrected chi connectivity index (χ2v) is 6.31. The molecular formula is C14H10Br2ClF2NO. The van der Waals surface area contributed by atoms with Gasteiger partial charge in [-0.3, -0.25) is 0 Å². The Morgan fingerprint density at radius 1 is 1.14 bits per heavy atom. The van der Waals surface area contributed by atoms with Crippen molar-refractivity contribution in [3.63, 3.8) is 0 Å². The van der Waals surface area contributed by atoms with Gasteiger partial charge >= 0.3 is 6.61 Å². The summed E-state index contributed by atoms with van der Waals surface area (Å²) in [5.41, 5.74) is 1.42. The van der Waals surface area contributed by atoms with Gasteiger partial charge in [0.05, 0.1) is 0 Å². The van der Waals surface area contributed by atoms with Crippen molar-refractivity contribution in [3.05, 3.63) is 55.9 Å². The molecule has 0 radical (unpaired) electrons. The zero-order chi connectivity index (χ0) is 15.4. The topological polar surface area (TPSA) is 21.3 Å². The molecule has 0 fully saturated rings. The van der Waals surface area contributed by atoms with Crippen LogP contribution in [-0.4, -0.2) is 6.61 Å². The third-order valence-electron chi connectivity index (χ3n) is 2.64. The summed E-state index contributed by atoms with van der Waals surface area (Å²) in [4.78, 5) is 0. The average Bonchev–Trinajstić information content (AvgIpc) is 2.40. The predicted molar refractivity (Wildman–Crippen MR) is 87.3 cm³/mol. The number of benzene rings is 2. The highest BCUT2D eigenvalue weighted by atomic mass is 79.9. The fraction of sp³-hybridized carbons (Fsp3) is 0.143. The summed E-state index contributed by atoms with van der Waals surface area (Å²) in [6, 6.07) is 10.2. The number of halogens is 5. The zero-order valence-corrected chi connectivity index (χ0v) is 14.5. The molecule has 0 unspecified atom stereocenters. The Morgan fingerprint density at radius 2 is 1.90 bits per heavy atom. The van der Waals surface area contributed by atoms with Crippen LogP contribution in [0.25, 0.3) is 0 Å². The highest BCUT2D eigenvalue weighted by Gasteiger charge is 2.10. The van der Waals surface area contributed by atoms with Crippen LogP contribution >= 0.6 is 43.5 Å². The molecule has 2 rings (SSSR count). The first-order valence-electron chi connectivity index (χ1n) is 5.88. The van der Waals surface area contributed by atoms with Crippen LogP contribution in [0.5, 0.6) is 5.75 Å². The molecule has 2 nitrogen and oxygen atoms in total. The third kappa shape index (κ3) is 4.83. The lowest BCUT2D eigenvalue weighted by molar-refractivity contribution is -0.0504. The molecule has 0 aliphatic carbocycles. The van der Waals surface area contributed by atoms with Crippen molar-refractivity contribution in [1.82, 2.24) is 0 Å². The van der Waals surface area contributed by atoms with Gasteiger partial charge in [-0.2, -0.15) is 8.78 Å². The summed E-state index contributed by atoms with van der Waals surface area (Å²) in [5, 5.41) is 3.75. The van der Waals surface area contributed by atoms with Crippen LogP contribution in [-0.2, 0) is 6.54 Å². The Bertz CT molecular complexity index is 640. The van der Waals surface area contributed by atoms with Crippen LogP contribution in [0.3, 0.4) is 0 Å². The van der Waals surface area contributed by atoms with Crippen LogP contribution in [0.2, 0.25) is 5.02 Å². The van der Waals surface area contributed by atoms with E-state index in [0.29, 0.717) is 17.1 Å². The van der Waals surface area contributed by atoms with E-state index < -0.39 is 6.61 Å². The number of ether oxygens (including phenoxy) is 1. The van der Waals surface area contributed by atoms with Crippen LogP contribution in [0.1, 0.15) is 5.56 Å². The molecule has 2 aromatic carbocycles. The van der Waals surface area contributed by atoms with E-state index in [0.717, 1.165) is 14.6 Å². The third-order valence-corrected chi connectivity index (χ3v) is 4.02. The van der Waals surface area contributed by atoms with Gasteiger partial charge in [-0.25, -0.2) is 0 Å². The fourth-order valence-corrected chi connectivity index (χ4v) is 2.95. The first kappa shape index (κ1) is 16.5. The van der Waals surface area contributed by atoms with E-state index in [9.17, 15) is 8.78 Å². The van der Waals surface area contributed by atoms with Crippen molar-refractivity contribution >= 4 is 49.1 Å². The number of anilines is 1. The maximum absolute atomic E-state index is 12.4. The summed E-state index contributed by atoms with van der Waals surface area (Å²) in [7, 11) is 0. The minimum Gasteiger partial charge on any atom is -0.434 e.